The molecule has 0 unspecified atom stereocenters. The van der Waals surface area contributed by atoms with Crippen LogP contribution in [0, 0.1) is 0 Å². The van der Waals surface area contributed by atoms with Gasteiger partial charge in [-0.05, 0) is 63.7 Å². The third-order valence-electron chi connectivity index (χ3n) is 10.4. The Balaban J connectivity index is 1.32. The highest BCUT2D eigenvalue weighted by Crippen LogP contribution is 2.52. The van der Waals surface area contributed by atoms with Gasteiger partial charge in [-0.15, -0.1) is 11.3 Å². The topological polar surface area (TPSA) is 46.0 Å². The van der Waals surface area contributed by atoms with Crippen molar-refractivity contribution in [2.24, 2.45) is 9.98 Å². The molecule has 0 atom stereocenters. The Morgan fingerprint density at radius 3 is 2.04 bits per heavy atom. The molecular weight excluding hydrogens is 679 g/mol. The number of allylic oxidation sites excluding steroid dienone is 1. The molecule has 4 nitrogen and oxygen atoms in total. The van der Waals surface area contributed by atoms with Crippen molar-refractivity contribution in [1.82, 2.24) is 0 Å². The first-order chi connectivity index (χ1) is 26.7. The van der Waals surface area contributed by atoms with E-state index in [9.17, 15) is 0 Å². The fraction of sp³-hybridized carbons (Fsp3) is 0.0204. The van der Waals surface area contributed by atoms with Gasteiger partial charge >= 0.3 is 0 Å². The van der Waals surface area contributed by atoms with Gasteiger partial charge in [0.15, 0.2) is 5.76 Å². The van der Waals surface area contributed by atoms with Crippen molar-refractivity contribution < 1.29 is 4.74 Å². The van der Waals surface area contributed by atoms with E-state index in [-0.39, 0.29) is 0 Å². The summed E-state index contributed by atoms with van der Waals surface area (Å²) >= 11 is 1.78. The molecule has 1 N–H and O–H groups in total. The molecule has 0 saturated heterocycles. The van der Waals surface area contributed by atoms with Crippen molar-refractivity contribution in [3.63, 3.8) is 0 Å². The molecule has 256 valence electrons. The molecule has 1 aromatic heterocycles. The third kappa shape index (κ3) is 4.97. The van der Waals surface area contributed by atoms with E-state index in [0.29, 0.717) is 11.5 Å². The van der Waals surface area contributed by atoms with Crippen molar-refractivity contribution >= 4 is 82.6 Å². The minimum absolute atomic E-state index is 0.582. The van der Waals surface area contributed by atoms with Gasteiger partial charge < -0.3 is 10.1 Å². The van der Waals surface area contributed by atoms with Gasteiger partial charge in [-0.25, -0.2) is 4.99 Å². The normalized spacial score (nSPS) is 14.1. The number of thiophene rings is 1. The van der Waals surface area contributed by atoms with Crippen LogP contribution in [-0.4, -0.2) is 19.5 Å². The fourth-order valence-corrected chi connectivity index (χ4v) is 9.22. The molecule has 0 amide bonds. The summed E-state index contributed by atoms with van der Waals surface area (Å²) in [6.45, 7) is 4.13. The number of aliphatic imine (C=N–C) groups is 2. The Morgan fingerprint density at radius 1 is 0.593 bits per heavy atom. The zero-order valence-corrected chi connectivity index (χ0v) is 30.3. The van der Waals surface area contributed by atoms with Gasteiger partial charge in [-0.3, -0.25) is 4.99 Å². The number of anilines is 1. The average molecular weight is 712 g/mol. The zero-order valence-electron chi connectivity index (χ0n) is 29.5. The van der Waals surface area contributed by atoms with Crippen LogP contribution in [0.15, 0.2) is 180 Å². The minimum Gasteiger partial charge on any atom is -0.452 e. The quantitative estimate of drug-likeness (QED) is 0.175. The highest BCUT2D eigenvalue weighted by molar-refractivity contribution is 7.26. The molecule has 0 bridgehead atoms. The van der Waals surface area contributed by atoms with Crippen LogP contribution in [0.1, 0.15) is 11.1 Å². The summed E-state index contributed by atoms with van der Waals surface area (Å²) in [5.41, 5.74) is 9.60. The molecule has 0 radical (unpaired) electrons. The van der Waals surface area contributed by atoms with E-state index in [4.69, 9.17) is 14.7 Å². The molecular formula is C49H33N3OS. The van der Waals surface area contributed by atoms with Crippen LogP contribution in [0.4, 0.5) is 11.4 Å². The van der Waals surface area contributed by atoms with Crippen LogP contribution in [-0.2, 0) is 0 Å². The summed E-state index contributed by atoms with van der Waals surface area (Å²) in [6, 6.07) is 57.3. The van der Waals surface area contributed by atoms with Gasteiger partial charge in [0.25, 0.3) is 0 Å². The number of rotatable bonds is 6. The Labute approximate surface area is 317 Å². The Kier molecular flexibility index (Phi) is 7.67. The number of ether oxygens (including phenoxy) is 1. The smallest absolute Gasteiger partial charge is 0.180 e. The van der Waals surface area contributed by atoms with Crippen LogP contribution >= 0.6 is 11.3 Å². The Morgan fingerprint density at radius 2 is 1.24 bits per heavy atom. The zero-order chi connectivity index (χ0) is 36.2. The molecule has 0 saturated carbocycles. The summed E-state index contributed by atoms with van der Waals surface area (Å²) < 4.78 is 9.16. The number of benzene rings is 8. The monoisotopic (exact) mass is 711 g/mol. The molecule has 9 aromatic rings. The van der Waals surface area contributed by atoms with Crippen LogP contribution < -0.4 is 10.1 Å². The molecule has 5 heteroatoms. The third-order valence-corrected chi connectivity index (χ3v) is 11.6. The van der Waals surface area contributed by atoms with Crippen LogP contribution in [0.5, 0.6) is 5.75 Å². The average Bonchev–Trinajstić information content (AvgIpc) is 3.80. The van der Waals surface area contributed by atoms with Gasteiger partial charge in [0.05, 0.1) is 10.4 Å². The Bertz CT molecular complexity index is 3030. The second-order valence-corrected chi connectivity index (χ2v) is 14.4. The number of hydrogen-bond donors (Lipinski definition) is 1. The number of nitrogens with zero attached hydrogens (tertiary/aromatic N) is 2. The van der Waals surface area contributed by atoms with Crippen molar-refractivity contribution in [1.29, 1.82) is 0 Å². The summed E-state index contributed by atoms with van der Waals surface area (Å²) in [7, 11) is 1.97. The molecule has 2 heterocycles. The number of hydrogen-bond acceptors (Lipinski definition) is 5. The largest absolute Gasteiger partial charge is 0.452 e. The first-order valence-corrected chi connectivity index (χ1v) is 18.8. The SMILES string of the molecule is C=N/C(=C1/Oc2ccccc2C1=Nc1c(-c2ccccc2NC)c2ccccc2c2c1sc1ccccc12)c1ccc(-c2ccccc2)c2ccccc12. The van der Waals surface area contributed by atoms with E-state index in [0.717, 1.165) is 77.1 Å². The summed E-state index contributed by atoms with van der Waals surface area (Å²) in [5.74, 6) is 1.32. The lowest BCUT2D eigenvalue weighted by Crippen LogP contribution is -2.05. The van der Waals surface area contributed by atoms with Gasteiger partial charge in [-0.1, -0.05) is 140 Å². The number of fused-ring (bicyclic) bond motifs is 7. The van der Waals surface area contributed by atoms with Gasteiger partial charge in [0.1, 0.15) is 17.2 Å². The van der Waals surface area contributed by atoms with Crippen molar-refractivity contribution in [3.8, 4) is 28.0 Å². The predicted octanol–water partition coefficient (Wildman–Crippen LogP) is 13.3. The molecule has 10 rings (SSSR count). The van der Waals surface area contributed by atoms with E-state index in [1.807, 2.05) is 31.3 Å². The van der Waals surface area contributed by atoms with Crippen molar-refractivity contribution in [2.75, 3.05) is 12.4 Å². The highest BCUT2D eigenvalue weighted by atomic mass is 32.1. The molecule has 0 aliphatic carbocycles. The second kappa shape index (κ2) is 13.0. The lowest BCUT2D eigenvalue weighted by Gasteiger charge is -2.17. The van der Waals surface area contributed by atoms with E-state index in [2.05, 4.69) is 152 Å². The molecule has 1 aliphatic heterocycles. The van der Waals surface area contributed by atoms with E-state index in [1.165, 1.54) is 20.9 Å². The second-order valence-electron chi connectivity index (χ2n) is 13.3. The molecule has 54 heavy (non-hydrogen) atoms. The number of para-hydroxylation sites is 2. The van der Waals surface area contributed by atoms with Gasteiger partial charge in [-0.2, -0.15) is 0 Å². The number of nitrogens with one attached hydrogen (secondary N) is 1. The van der Waals surface area contributed by atoms with Crippen LogP contribution in [0.25, 0.3) is 69.7 Å². The molecule has 1 aliphatic rings. The minimum atomic E-state index is 0.582. The van der Waals surface area contributed by atoms with Gasteiger partial charge in [0.2, 0.25) is 0 Å². The summed E-state index contributed by atoms with van der Waals surface area (Å²) in [5, 5.41) is 10.4. The van der Waals surface area contributed by atoms with Gasteiger partial charge in [0, 0.05) is 50.5 Å². The van der Waals surface area contributed by atoms with E-state index >= 15 is 0 Å². The van der Waals surface area contributed by atoms with Crippen LogP contribution in [0.3, 0.4) is 0 Å². The highest BCUT2D eigenvalue weighted by Gasteiger charge is 2.31. The first-order valence-electron chi connectivity index (χ1n) is 18.0. The maximum Gasteiger partial charge on any atom is 0.180 e. The van der Waals surface area contributed by atoms with Crippen molar-refractivity contribution in [3.05, 3.63) is 181 Å². The van der Waals surface area contributed by atoms with Crippen molar-refractivity contribution in [2.45, 2.75) is 0 Å². The summed E-state index contributed by atoms with van der Waals surface area (Å²) in [6.07, 6.45) is 0. The fourth-order valence-electron chi connectivity index (χ4n) is 8.01. The first kappa shape index (κ1) is 31.9. The standard InChI is InChI=1S/C49H33N3OS/c1-50-40-25-13-10-22-37(40)43-34-20-8-9-21-35(34)44-39-24-12-15-27-42(39)54-49(44)47(43)52-46-38-23-11-14-26-41(38)53-48(46)45(51-2)36-29-28-31(30-16-4-3-5-17-30)32-18-6-7-19-33(32)36/h3-29,50H,2H2,1H3/b48-45+,52-46?. The van der Waals surface area contributed by atoms with E-state index < -0.39 is 0 Å². The molecule has 0 spiro atoms. The maximum atomic E-state index is 6.82. The van der Waals surface area contributed by atoms with E-state index in [1.54, 1.807) is 11.3 Å². The summed E-state index contributed by atoms with van der Waals surface area (Å²) in [4.78, 5) is 10.5. The predicted molar refractivity (Wildman–Crippen MR) is 231 cm³/mol. The molecule has 0 fully saturated rings. The lowest BCUT2D eigenvalue weighted by atomic mass is 9.92. The van der Waals surface area contributed by atoms with Crippen LogP contribution in [0.2, 0.25) is 0 Å². The maximum absolute atomic E-state index is 6.82. The lowest BCUT2D eigenvalue weighted by molar-refractivity contribution is 0.470. The Hall–Kier alpha value is -6.82. The molecule has 8 aromatic carbocycles.